The Labute approximate surface area is 121 Å². The quantitative estimate of drug-likeness (QED) is 0.810. The first kappa shape index (κ1) is 14.3. The second-order valence-corrected chi connectivity index (χ2v) is 4.50. The van der Waals surface area contributed by atoms with Crippen LogP contribution in [0.25, 0.3) is 0 Å². The molecule has 0 spiro atoms. The number of aryl methyl sites for hydroxylation is 1. The van der Waals surface area contributed by atoms with Gasteiger partial charge in [-0.15, -0.1) is 0 Å². The van der Waals surface area contributed by atoms with E-state index in [4.69, 9.17) is 11.6 Å². The third kappa shape index (κ3) is 3.67. The second-order valence-electron chi connectivity index (χ2n) is 4.11. The molecule has 0 bridgehead atoms. The molecule has 2 aromatic rings. The van der Waals surface area contributed by atoms with Crippen molar-refractivity contribution in [1.82, 2.24) is 25.1 Å². The van der Waals surface area contributed by atoms with E-state index in [1.807, 2.05) is 6.92 Å². The summed E-state index contributed by atoms with van der Waals surface area (Å²) in [4.78, 5) is 20.2. The number of hydrogen-bond acceptors (Lipinski definition) is 5. The van der Waals surface area contributed by atoms with Gasteiger partial charge in [0.05, 0.1) is 6.54 Å². The minimum absolute atomic E-state index is 0.249. The lowest BCUT2D eigenvalue weighted by molar-refractivity contribution is 0.0950. The topological polar surface area (TPSA) is 84.7 Å². The number of hydrogen-bond donors (Lipinski definition) is 2. The summed E-state index contributed by atoms with van der Waals surface area (Å²) in [5.41, 5.74) is 0.442. The summed E-state index contributed by atoms with van der Waals surface area (Å²) in [7, 11) is 1.77. The van der Waals surface area contributed by atoms with Gasteiger partial charge in [0, 0.05) is 19.2 Å². The van der Waals surface area contributed by atoms with Crippen LogP contribution < -0.4 is 10.6 Å². The molecule has 0 unspecified atom stereocenters. The summed E-state index contributed by atoms with van der Waals surface area (Å²) in [5.74, 6) is 0.870. The van der Waals surface area contributed by atoms with E-state index in [0.717, 1.165) is 0 Å². The van der Waals surface area contributed by atoms with Gasteiger partial charge in [0.15, 0.2) is 5.82 Å². The van der Waals surface area contributed by atoms with Gasteiger partial charge < -0.3 is 10.6 Å². The van der Waals surface area contributed by atoms with Crippen LogP contribution in [0.3, 0.4) is 0 Å². The number of nitrogens with zero attached hydrogens (tertiary/aromatic N) is 4. The van der Waals surface area contributed by atoms with Crippen molar-refractivity contribution in [2.24, 2.45) is 7.05 Å². The van der Waals surface area contributed by atoms with Gasteiger partial charge in [0.25, 0.3) is 5.91 Å². The third-order valence-electron chi connectivity index (χ3n) is 2.47. The first-order valence-electron chi connectivity index (χ1n) is 6.12. The molecule has 0 fully saturated rings. The maximum Gasteiger partial charge on any atom is 0.251 e. The molecular formula is C12H15ClN6O. The van der Waals surface area contributed by atoms with E-state index in [-0.39, 0.29) is 17.6 Å². The summed E-state index contributed by atoms with van der Waals surface area (Å²) in [6, 6.07) is 3.17. The van der Waals surface area contributed by atoms with Crippen molar-refractivity contribution >= 4 is 23.3 Å². The molecule has 2 N–H and O–H groups in total. The third-order valence-corrected chi connectivity index (χ3v) is 2.66. The number of pyridine rings is 1. The summed E-state index contributed by atoms with van der Waals surface area (Å²) in [5, 5.41) is 10.1. The maximum absolute atomic E-state index is 12.0. The molecule has 2 heterocycles. The molecule has 8 heteroatoms. The van der Waals surface area contributed by atoms with Crippen molar-refractivity contribution in [3.05, 3.63) is 35.0 Å². The highest BCUT2D eigenvalue weighted by atomic mass is 35.5. The average molecular weight is 295 g/mol. The van der Waals surface area contributed by atoms with Crippen molar-refractivity contribution in [2.45, 2.75) is 13.5 Å². The first-order valence-corrected chi connectivity index (χ1v) is 6.50. The molecular weight excluding hydrogens is 280 g/mol. The monoisotopic (exact) mass is 294 g/mol. The molecule has 0 radical (unpaired) electrons. The Balaban J connectivity index is 2.04. The van der Waals surface area contributed by atoms with Crippen molar-refractivity contribution in [3.63, 3.8) is 0 Å². The van der Waals surface area contributed by atoms with E-state index >= 15 is 0 Å². The van der Waals surface area contributed by atoms with Crippen LogP contribution in [-0.2, 0) is 13.6 Å². The fraction of sp³-hybridized carbons (Fsp3) is 0.333. The van der Waals surface area contributed by atoms with Gasteiger partial charge in [-0.25, -0.2) is 9.97 Å². The number of aromatic nitrogens is 4. The summed E-state index contributed by atoms with van der Waals surface area (Å²) < 4.78 is 1.58. The predicted octanol–water partition coefficient (Wildman–Crippen LogP) is 1.23. The molecule has 2 aromatic heterocycles. The molecule has 0 aliphatic heterocycles. The molecule has 0 saturated heterocycles. The predicted molar refractivity (Wildman–Crippen MR) is 75.6 cm³/mol. The van der Waals surface area contributed by atoms with Gasteiger partial charge in [-0.2, -0.15) is 5.10 Å². The zero-order chi connectivity index (χ0) is 14.5. The van der Waals surface area contributed by atoms with E-state index in [1.165, 1.54) is 6.07 Å². The van der Waals surface area contributed by atoms with E-state index in [1.54, 1.807) is 24.1 Å². The number of amides is 1. The Morgan fingerprint density at radius 3 is 2.90 bits per heavy atom. The maximum atomic E-state index is 12.0. The van der Waals surface area contributed by atoms with Gasteiger partial charge in [-0.1, -0.05) is 11.6 Å². The lowest BCUT2D eigenvalue weighted by atomic mass is 10.2. The molecule has 20 heavy (non-hydrogen) atoms. The van der Waals surface area contributed by atoms with Crippen LogP contribution in [0.1, 0.15) is 23.1 Å². The zero-order valence-corrected chi connectivity index (χ0v) is 12.0. The molecule has 106 valence electrons. The van der Waals surface area contributed by atoms with Gasteiger partial charge in [-0.05, 0) is 19.1 Å². The molecule has 1 amide bonds. The number of nitrogens with one attached hydrogen (secondary N) is 2. The minimum Gasteiger partial charge on any atom is -0.370 e. The first-order chi connectivity index (χ1) is 9.58. The molecule has 0 aromatic carbocycles. The Morgan fingerprint density at radius 1 is 1.45 bits per heavy atom. The summed E-state index contributed by atoms with van der Waals surface area (Å²) in [6.07, 6.45) is 1.58. The number of anilines is 1. The normalized spacial score (nSPS) is 10.3. The van der Waals surface area contributed by atoms with Gasteiger partial charge in [-0.3, -0.25) is 9.48 Å². The molecule has 0 saturated carbocycles. The van der Waals surface area contributed by atoms with E-state index in [0.29, 0.717) is 23.8 Å². The standard InChI is InChI=1S/C12H15ClN6O/c1-3-14-10-5-8(4-9(13)17-10)12(20)15-6-11-16-7-19(2)18-11/h4-5,7H,3,6H2,1-2H3,(H,14,17)(H,15,20). The molecule has 0 aliphatic carbocycles. The smallest absolute Gasteiger partial charge is 0.251 e. The largest absolute Gasteiger partial charge is 0.370 e. The lowest BCUT2D eigenvalue weighted by Crippen LogP contribution is -2.23. The van der Waals surface area contributed by atoms with Crippen molar-refractivity contribution < 1.29 is 4.79 Å². The highest BCUT2D eigenvalue weighted by Crippen LogP contribution is 2.14. The van der Waals surface area contributed by atoms with Crippen molar-refractivity contribution in [2.75, 3.05) is 11.9 Å². The van der Waals surface area contributed by atoms with Crippen molar-refractivity contribution in [1.29, 1.82) is 0 Å². The number of rotatable bonds is 5. The van der Waals surface area contributed by atoms with Crippen LogP contribution in [0.2, 0.25) is 5.15 Å². The highest BCUT2D eigenvalue weighted by Gasteiger charge is 2.10. The zero-order valence-electron chi connectivity index (χ0n) is 11.2. The Morgan fingerprint density at radius 2 is 2.25 bits per heavy atom. The summed E-state index contributed by atoms with van der Waals surface area (Å²) >= 11 is 5.89. The minimum atomic E-state index is -0.249. The Kier molecular flexibility index (Phi) is 4.52. The number of carbonyl (C=O) groups excluding carboxylic acids is 1. The van der Waals surface area contributed by atoms with Crippen LogP contribution in [0.15, 0.2) is 18.5 Å². The van der Waals surface area contributed by atoms with Crippen LogP contribution in [-0.4, -0.2) is 32.2 Å². The van der Waals surface area contributed by atoms with Gasteiger partial charge >= 0.3 is 0 Å². The van der Waals surface area contributed by atoms with Gasteiger partial charge in [0.2, 0.25) is 0 Å². The van der Waals surface area contributed by atoms with E-state index in [2.05, 4.69) is 25.7 Å². The van der Waals surface area contributed by atoms with Crippen molar-refractivity contribution in [3.8, 4) is 0 Å². The molecule has 0 aliphatic rings. The number of carbonyl (C=O) groups is 1. The van der Waals surface area contributed by atoms with Crippen LogP contribution in [0, 0.1) is 0 Å². The highest BCUT2D eigenvalue weighted by molar-refractivity contribution is 6.29. The van der Waals surface area contributed by atoms with Crippen LogP contribution >= 0.6 is 11.6 Å². The number of halogens is 1. The van der Waals surface area contributed by atoms with E-state index in [9.17, 15) is 4.79 Å². The molecule has 0 atom stereocenters. The average Bonchev–Trinajstić information content (AvgIpc) is 2.81. The van der Waals surface area contributed by atoms with Crippen LogP contribution in [0.4, 0.5) is 5.82 Å². The van der Waals surface area contributed by atoms with Gasteiger partial charge in [0.1, 0.15) is 17.3 Å². The van der Waals surface area contributed by atoms with E-state index < -0.39 is 0 Å². The summed E-state index contributed by atoms with van der Waals surface area (Å²) in [6.45, 7) is 2.90. The fourth-order valence-electron chi connectivity index (χ4n) is 1.63. The Hall–Kier alpha value is -2.15. The lowest BCUT2D eigenvalue weighted by Gasteiger charge is -2.07. The van der Waals surface area contributed by atoms with Crippen LogP contribution in [0.5, 0.6) is 0 Å². The second kappa shape index (κ2) is 6.33. The Bertz CT molecular complexity index is 612. The molecule has 7 nitrogen and oxygen atoms in total. The fourth-order valence-corrected chi connectivity index (χ4v) is 1.83. The SMILES string of the molecule is CCNc1cc(C(=O)NCc2ncn(C)n2)cc(Cl)n1. The molecule has 2 rings (SSSR count).